The number of rotatable bonds is 12. The molecule has 1 aromatic heterocycles. The van der Waals surface area contributed by atoms with Gasteiger partial charge in [0.25, 0.3) is 0 Å². The summed E-state index contributed by atoms with van der Waals surface area (Å²) >= 11 is 0. The number of allylic oxidation sites excluding steroid dienone is 1. The molecule has 7 nitrogen and oxygen atoms in total. The molecular weight excluding hydrogens is 400 g/mol. The molecule has 0 aliphatic rings. The van der Waals surface area contributed by atoms with Gasteiger partial charge in [-0.1, -0.05) is 24.6 Å². The van der Waals surface area contributed by atoms with Crippen molar-refractivity contribution in [2.45, 2.75) is 43.5 Å². The number of primary sulfonamides is 1. The smallest absolute Gasteiger partial charge is 0.238 e. The lowest BCUT2D eigenvalue weighted by atomic mass is 10.2. The third-order valence-electron chi connectivity index (χ3n) is 4.66. The lowest BCUT2D eigenvalue weighted by Crippen LogP contribution is -2.40. The largest absolute Gasteiger partial charge is 0.469 e. The van der Waals surface area contributed by atoms with Gasteiger partial charge in [0.05, 0.1) is 17.7 Å². The van der Waals surface area contributed by atoms with Crippen LogP contribution in [0, 0.1) is 0 Å². The zero-order chi connectivity index (χ0) is 21.8. The Bertz CT molecular complexity index is 891. The molecule has 3 N–H and O–H groups in total. The summed E-state index contributed by atoms with van der Waals surface area (Å²) < 4.78 is 28.2. The van der Waals surface area contributed by atoms with E-state index in [2.05, 4.69) is 16.8 Å². The minimum Gasteiger partial charge on any atom is -0.469 e. The summed E-state index contributed by atoms with van der Waals surface area (Å²) in [5.41, 5.74) is 0.909. The van der Waals surface area contributed by atoms with Crippen LogP contribution in [-0.4, -0.2) is 39.4 Å². The quantitative estimate of drug-likeness (QED) is 0.232. The molecule has 0 aliphatic heterocycles. The fraction of sp³-hybridized carbons (Fsp3) is 0.409. The molecule has 164 valence electrons. The van der Waals surface area contributed by atoms with Crippen molar-refractivity contribution in [3.63, 3.8) is 0 Å². The number of sulfonamides is 1. The monoisotopic (exact) mass is 432 g/mol. The van der Waals surface area contributed by atoms with Crippen molar-refractivity contribution in [1.82, 2.24) is 10.2 Å². The van der Waals surface area contributed by atoms with Crippen LogP contribution in [-0.2, 0) is 23.0 Å². The number of nitrogens with one attached hydrogen (secondary N) is 1. The van der Waals surface area contributed by atoms with E-state index >= 15 is 0 Å². The van der Waals surface area contributed by atoms with Gasteiger partial charge >= 0.3 is 0 Å². The lowest BCUT2D eigenvalue weighted by molar-refractivity contribution is 0.450. The molecule has 0 fully saturated rings. The summed E-state index contributed by atoms with van der Waals surface area (Å²) in [5.74, 6) is 1.73. The first-order valence-electron chi connectivity index (χ1n) is 10.1. The standard InChI is InChI=1S/C22H32N4O3S/c1-3-4-5-6-7-16-26(2)22(24-15-14-20-9-8-17-29-20)25-18-19-10-12-21(13-11-19)30(23,27)28/h3,8-13,17H,1,4-7,14-16,18H2,2H3,(H,24,25)(H2,23,27,28). The highest BCUT2D eigenvalue weighted by Crippen LogP contribution is 2.10. The van der Waals surface area contributed by atoms with Crippen LogP contribution in [0.2, 0.25) is 0 Å². The summed E-state index contributed by atoms with van der Waals surface area (Å²) in [6, 6.07) is 10.3. The van der Waals surface area contributed by atoms with Gasteiger partial charge in [0, 0.05) is 26.6 Å². The van der Waals surface area contributed by atoms with Crippen molar-refractivity contribution in [1.29, 1.82) is 0 Å². The number of nitrogens with two attached hydrogens (primary N) is 1. The Morgan fingerprint density at radius 3 is 2.63 bits per heavy atom. The molecule has 1 aromatic carbocycles. The van der Waals surface area contributed by atoms with Crippen LogP contribution in [0.15, 0.2) is 69.6 Å². The maximum Gasteiger partial charge on any atom is 0.238 e. The summed E-state index contributed by atoms with van der Waals surface area (Å²) in [4.78, 5) is 6.94. The molecule has 0 saturated carbocycles. The van der Waals surface area contributed by atoms with E-state index in [0.29, 0.717) is 13.1 Å². The molecule has 0 amide bonds. The predicted octanol–water partition coefficient (Wildman–Crippen LogP) is 3.29. The van der Waals surface area contributed by atoms with Gasteiger partial charge in [-0.2, -0.15) is 0 Å². The minimum absolute atomic E-state index is 0.101. The summed E-state index contributed by atoms with van der Waals surface area (Å²) in [5, 5.41) is 8.56. The van der Waals surface area contributed by atoms with Gasteiger partial charge in [-0.15, -0.1) is 6.58 Å². The molecule has 0 aliphatic carbocycles. The van der Waals surface area contributed by atoms with E-state index in [1.807, 2.05) is 25.3 Å². The maximum atomic E-state index is 11.4. The number of hydrogen-bond acceptors (Lipinski definition) is 4. The fourth-order valence-electron chi connectivity index (χ4n) is 2.93. The van der Waals surface area contributed by atoms with Crippen LogP contribution >= 0.6 is 0 Å². The molecule has 2 aromatic rings. The molecule has 0 saturated heterocycles. The van der Waals surface area contributed by atoms with E-state index in [0.717, 1.165) is 55.9 Å². The van der Waals surface area contributed by atoms with E-state index < -0.39 is 10.0 Å². The number of guanidine groups is 1. The normalized spacial score (nSPS) is 12.0. The van der Waals surface area contributed by atoms with Crippen LogP contribution in [0.3, 0.4) is 0 Å². The van der Waals surface area contributed by atoms with Gasteiger partial charge in [0.2, 0.25) is 10.0 Å². The summed E-state index contributed by atoms with van der Waals surface area (Å²) in [6.07, 6.45) is 8.80. The predicted molar refractivity (Wildman–Crippen MR) is 121 cm³/mol. The molecule has 0 unspecified atom stereocenters. The Balaban J connectivity index is 1.97. The topological polar surface area (TPSA) is 101 Å². The maximum absolute atomic E-state index is 11.4. The van der Waals surface area contributed by atoms with Gasteiger partial charge in [-0.25, -0.2) is 18.5 Å². The molecule has 8 heteroatoms. The van der Waals surface area contributed by atoms with Crippen molar-refractivity contribution in [2.24, 2.45) is 10.1 Å². The molecule has 1 heterocycles. The van der Waals surface area contributed by atoms with Gasteiger partial charge < -0.3 is 14.6 Å². The minimum atomic E-state index is -3.69. The number of hydrogen-bond donors (Lipinski definition) is 2. The van der Waals surface area contributed by atoms with E-state index in [4.69, 9.17) is 14.5 Å². The van der Waals surface area contributed by atoms with Gasteiger partial charge in [-0.3, -0.25) is 0 Å². The Kier molecular flexibility index (Phi) is 9.63. The second-order valence-corrected chi connectivity index (χ2v) is 8.71. The second-order valence-electron chi connectivity index (χ2n) is 7.14. The van der Waals surface area contributed by atoms with Crippen molar-refractivity contribution in [3.8, 4) is 0 Å². The Morgan fingerprint density at radius 2 is 2.00 bits per heavy atom. The lowest BCUT2D eigenvalue weighted by Gasteiger charge is -2.22. The van der Waals surface area contributed by atoms with Crippen molar-refractivity contribution in [2.75, 3.05) is 20.1 Å². The summed E-state index contributed by atoms with van der Waals surface area (Å²) in [7, 11) is -1.66. The molecule has 2 rings (SSSR count). The Morgan fingerprint density at radius 1 is 1.23 bits per heavy atom. The van der Waals surface area contributed by atoms with Gasteiger partial charge in [0.1, 0.15) is 5.76 Å². The van der Waals surface area contributed by atoms with E-state index in [1.165, 1.54) is 12.1 Å². The highest BCUT2D eigenvalue weighted by Gasteiger charge is 2.09. The van der Waals surface area contributed by atoms with Crippen LogP contribution in [0.5, 0.6) is 0 Å². The average molecular weight is 433 g/mol. The fourth-order valence-corrected chi connectivity index (χ4v) is 3.45. The SMILES string of the molecule is C=CCCCCCN(C)C(=NCc1ccc(S(N)(=O)=O)cc1)NCCc1ccco1. The first-order chi connectivity index (χ1) is 14.4. The summed E-state index contributed by atoms with van der Waals surface area (Å²) in [6.45, 7) is 5.80. The number of unbranched alkanes of at least 4 members (excludes halogenated alkanes) is 3. The molecule has 30 heavy (non-hydrogen) atoms. The second kappa shape index (κ2) is 12.2. The molecular formula is C22H32N4O3S. The third-order valence-corrected chi connectivity index (χ3v) is 5.59. The zero-order valence-corrected chi connectivity index (χ0v) is 18.4. The zero-order valence-electron chi connectivity index (χ0n) is 17.6. The average Bonchev–Trinajstić information content (AvgIpc) is 3.23. The first-order valence-corrected chi connectivity index (χ1v) is 11.7. The van der Waals surface area contributed by atoms with Gasteiger partial charge in [-0.05, 0) is 49.1 Å². The van der Waals surface area contributed by atoms with Gasteiger partial charge in [0.15, 0.2) is 5.96 Å². The van der Waals surface area contributed by atoms with E-state index in [1.54, 1.807) is 18.4 Å². The number of nitrogens with zero attached hydrogens (tertiary/aromatic N) is 2. The molecule has 0 radical (unpaired) electrons. The van der Waals surface area contributed by atoms with Crippen molar-refractivity contribution < 1.29 is 12.8 Å². The number of benzene rings is 1. The van der Waals surface area contributed by atoms with Crippen LogP contribution in [0.1, 0.15) is 37.0 Å². The van der Waals surface area contributed by atoms with Crippen LogP contribution in [0.25, 0.3) is 0 Å². The van der Waals surface area contributed by atoms with Crippen molar-refractivity contribution in [3.05, 3.63) is 66.6 Å². The van der Waals surface area contributed by atoms with E-state index in [-0.39, 0.29) is 4.90 Å². The molecule has 0 spiro atoms. The Hall–Kier alpha value is -2.58. The molecule has 0 atom stereocenters. The van der Waals surface area contributed by atoms with Crippen LogP contribution < -0.4 is 10.5 Å². The van der Waals surface area contributed by atoms with Crippen molar-refractivity contribution >= 4 is 16.0 Å². The highest BCUT2D eigenvalue weighted by atomic mass is 32.2. The highest BCUT2D eigenvalue weighted by molar-refractivity contribution is 7.89. The number of furan rings is 1. The first kappa shape index (κ1) is 23.7. The third kappa shape index (κ3) is 8.42. The van der Waals surface area contributed by atoms with Crippen LogP contribution in [0.4, 0.5) is 0 Å². The Labute approximate surface area is 179 Å². The number of aliphatic imine (C=N–C) groups is 1. The van der Waals surface area contributed by atoms with E-state index in [9.17, 15) is 8.42 Å². The molecule has 0 bridgehead atoms.